The smallest absolute Gasteiger partial charge is 0.330 e. The van der Waals surface area contributed by atoms with Gasteiger partial charge in [0.25, 0.3) is 5.56 Å². The highest BCUT2D eigenvalue weighted by atomic mass is 16.2. The van der Waals surface area contributed by atoms with Crippen LogP contribution in [0.25, 0.3) is 11.2 Å². The number of nitrogens with one attached hydrogen (secondary N) is 2. The number of hydrogen-bond donors (Lipinski definition) is 2. The number of H-pyrrole nitrogens is 2. The molecule has 0 radical (unpaired) electrons. The quantitative estimate of drug-likeness (QED) is 0.647. The third-order valence-corrected chi connectivity index (χ3v) is 2.15. The summed E-state index contributed by atoms with van der Waals surface area (Å²) in [5.74, 6) is 0. The van der Waals surface area contributed by atoms with Gasteiger partial charge in [-0.3, -0.25) is 14.3 Å². The Kier molecular flexibility index (Phi) is 1.82. The maximum atomic E-state index is 11.7. The van der Waals surface area contributed by atoms with Crippen molar-refractivity contribution in [2.75, 3.05) is 0 Å². The minimum absolute atomic E-state index is 0.324. The topological polar surface area (TPSA) is 83.5 Å². The fourth-order valence-corrected chi connectivity index (χ4v) is 1.56. The number of imidazole rings is 1. The van der Waals surface area contributed by atoms with Gasteiger partial charge in [-0.15, -0.1) is 0 Å². The standard InChI is InChI=1S/C9H12N4O2/c1-9(2,3)13-6-5(10-4-11-6)7(14)12-8(13)15/h4H,1-3H3,(H,10,11)(H,12,14,15). The zero-order valence-electron chi connectivity index (χ0n) is 8.79. The number of aromatic amines is 2. The zero-order valence-corrected chi connectivity index (χ0v) is 8.79. The molecule has 0 bridgehead atoms. The van der Waals surface area contributed by atoms with Crippen LogP contribution < -0.4 is 11.2 Å². The predicted molar refractivity (Wildman–Crippen MR) is 56.0 cm³/mol. The molecule has 0 aliphatic heterocycles. The first kappa shape index (κ1) is 9.70. The van der Waals surface area contributed by atoms with E-state index in [1.54, 1.807) is 0 Å². The second-order valence-corrected chi connectivity index (χ2v) is 4.37. The van der Waals surface area contributed by atoms with E-state index in [0.717, 1.165) is 0 Å². The molecule has 0 fully saturated rings. The zero-order chi connectivity index (χ0) is 11.2. The van der Waals surface area contributed by atoms with Gasteiger partial charge in [0, 0.05) is 5.54 Å². The Hall–Kier alpha value is -1.85. The van der Waals surface area contributed by atoms with Crippen molar-refractivity contribution in [1.29, 1.82) is 0 Å². The van der Waals surface area contributed by atoms with Gasteiger partial charge in [-0.05, 0) is 20.8 Å². The van der Waals surface area contributed by atoms with E-state index in [1.165, 1.54) is 10.9 Å². The second-order valence-electron chi connectivity index (χ2n) is 4.37. The summed E-state index contributed by atoms with van der Waals surface area (Å²) in [4.78, 5) is 32.0. The number of fused-ring (bicyclic) bond motifs is 1. The molecule has 15 heavy (non-hydrogen) atoms. The third kappa shape index (κ3) is 1.38. The van der Waals surface area contributed by atoms with Gasteiger partial charge in [0.05, 0.1) is 6.33 Å². The van der Waals surface area contributed by atoms with E-state index in [9.17, 15) is 9.59 Å². The van der Waals surface area contributed by atoms with Crippen LogP contribution in [0.4, 0.5) is 0 Å². The number of aromatic nitrogens is 4. The van der Waals surface area contributed by atoms with Gasteiger partial charge in [0.2, 0.25) is 0 Å². The van der Waals surface area contributed by atoms with E-state index < -0.39 is 16.8 Å². The first-order valence-electron chi connectivity index (χ1n) is 4.60. The minimum atomic E-state index is -0.438. The van der Waals surface area contributed by atoms with Crippen molar-refractivity contribution in [3.8, 4) is 0 Å². The molecular weight excluding hydrogens is 196 g/mol. The van der Waals surface area contributed by atoms with Crippen LogP contribution >= 0.6 is 0 Å². The Bertz CT molecular complexity index is 611. The molecule has 2 aromatic rings. The maximum absolute atomic E-state index is 11.7. The van der Waals surface area contributed by atoms with Crippen molar-refractivity contribution in [3.63, 3.8) is 0 Å². The van der Waals surface area contributed by atoms with E-state index in [2.05, 4.69) is 15.0 Å². The summed E-state index contributed by atoms with van der Waals surface area (Å²) in [5, 5.41) is 0. The van der Waals surface area contributed by atoms with E-state index in [-0.39, 0.29) is 0 Å². The average Bonchev–Trinajstić information content (AvgIpc) is 2.49. The summed E-state index contributed by atoms with van der Waals surface area (Å²) < 4.78 is 1.46. The summed E-state index contributed by atoms with van der Waals surface area (Å²) in [5.41, 5.74) is -0.588. The lowest BCUT2D eigenvalue weighted by Crippen LogP contribution is -2.39. The monoisotopic (exact) mass is 208 g/mol. The molecular formula is C9H12N4O2. The van der Waals surface area contributed by atoms with Gasteiger partial charge < -0.3 is 4.98 Å². The highest BCUT2D eigenvalue weighted by molar-refractivity contribution is 5.68. The van der Waals surface area contributed by atoms with Crippen LogP contribution in [0.15, 0.2) is 15.9 Å². The molecule has 6 nitrogen and oxygen atoms in total. The van der Waals surface area contributed by atoms with Gasteiger partial charge in [0.1, 0.15) is 5.52 Å². The van der Waals surface area contributed by atoms with Crippen molar-refractivity contribution in [1.82, 2.24) is 19.5 Å². The normalized spacial score (nSPS) is 12.2. The van der Waals surface area contributed by atoms with Crippen molar-refractivity contribution in [2.24, 2.45) is 0 Å². The number of nitrogens with zero attached hydrogens (tertiary/aromatic N) is 2. The van der Waals surface area contributed by atoms with E-state index in [0.29, 0.717) is 11.2 Å². The molecule has 6 heteroatoms. The molecule has 0 saturated carbocycles. The summed E-state index contributed by atoms with van der Waals surface area (Å²) in [7, 11) is 0. The van der Waals surface area contributed by atoms with Crippen LogP contribution in [0.3, 0.4) is 0 Å². The summed E-state index contributed by atoms with van der Waals surface area (Å²) >= 11 is 0. The van der Waals surface area contributed by atoms with Crippen LogP contribution in [0, 0.1) is 0 Å². The molecule has 0 spiro atoms. The fourth-order valence-electron chi connectivity index (χ4n) is 1.56. The predicted octanol–water partition coefficient (Wildman–Crippen LogP) is 0.168. The summed E-state index contributed by atoms with van der Waals surface area (Å²) in [6.45, 7) is 5.63. The molecule has 0 aromatic carbocycles. The number of rotatable bonds is 0. The molecule has 80 valence electrons. The SMILES string of the molecule is CC(C)(C)n1c(=O)[nH]c(=O)c2[nH]cnc21. The van der Waals surface area contributed by atoms with E-state index in [4.69, 9.17) is 0 Å². The molecule has 2 N–H and O–H groups in total. The van der Waals surface area contributed by atoms with Crippen molar-refractivity contribution < 1.29 is 0 Å². The maximum Gasteiger partial charge on any atom is 0.330 e. The second kappa shape index (κ2) is 2.82. The first-order chi connectivity index (χ1) is 6.91. The Morgan fingerprint density at radius 3 is 2.60 bits per heavy atom. The molecule has 0 unspecified atom stereocenters. The Morgan fingerprint density at radius 2 is 2.00 bits per heavy atom. The van der Waals surface area contributed by atoms with Crippen molar-refractivity contribution >= 4 is 11.2 Å². The Morgan fingerprint density at radius 1 is 1.33 bits per heavy atom. The molecule has 0 saturated heterocycles. The van der Waals surface area contributed by atoms with Crippen molar-refractivity contribution in [2.45, 2.75) is 26.3 Å². The lowest BCUT2D eigenvalue weighted by Gasteiger charge is -2.21. The van der Waals surface area contributed by atoms with Crippen LogP contribution in [-0.2, 0) is 5.54 Å². The van der Waals surface area contributed by atoms with Crippen LogP contribution in [0.5, 0.6) is 0 Å². The van der Waals surface area contributed by atoms with Gasteiger partial charge in [-0.25, -0.2) is 9.78 Å². The lowest BCUT2D eigenvalue weighted by atomic mass is 10.1. The number of hydrogen-bond acceptors (Lipinski definition) is 3. The molecule has 2 heterocycles. The molecule has 2 aromatic heterocycles. The van der Waals surface area contributed by atoms with Gasteiger partial charge in [0.15, 0.2) is 5.65 Å². The molecule has 0 atom stereocenters. The molecule has 0 amide bonds. The van der Waals surface area contributed by atoms with E-state index in [1.807, 2.05) is 20.8 Å². The van der Waals surface area contributed by atoms with Crippen LogP contribution in [-0.4, -0.2) is 19.5 Å². The molecule has 0 aliphatic rings. The van der Waals surface area contributed by atoms with Gasteiger partial charge >= 0.3 is 5.69 Å². The summed E-state index contributed by atoms with van der Waals surface area (Å²) in [6, 6.07) is 0. The fraction of sp³-hybridized carbons (Fsp3) is 0.444. The molecule has 0 aliphatic carbocycles. The molecule has 2 rings (SSSR count). The van der Waals surface area contributed by atoms with E-state index >= 15 is 0 Å². The van der Waals surface area contributed by atoms with Crippen LogP contribution in [0.1, 0.15) is 20.8 Å². The van der Waals surface area contributed by atoms with Crippen molar-refractivity contribution in [3.05, 3.63) is 27.2 Å². The third-order valence-electron chi connectivity index (χ3n) is 2.15. The highest BCUT2D eigenvalue weighted by Gasteiger charge is 2.20. The summed E-state index contributed by atoms with van der Waals surface area (Å²) in [6.07, 6.45) is 1.40. The highest BCUT2D eigenvalue weighted by Crippen LogP contribution is 2.14. The minimum Gasteiger partial charge on any atom is -0.339 e. The Balaban J connectivity index is 3.02. The lowest BCUT2D eigenvalue weighted by molar-refractivity contribution is 0.389. The van der Waals surface area contributed by atoms with Gasteiger partial charge in [-0.1, -0.05) is 0 Å². The van der Waals surface area contributed by atoms with Crippen LogP contribution in [0.2, 0.25) is 0 Å². The van der Waals surface area contributed by atoms with Gasteiger partial charge in [-0.2, -0.15) is 0 Å². The largest absolute Gasteiger partial charge is 0.339 e. The average molecular weight is 208 g/mol. The first-order valence-corrected chi connectivity index (χ1v) is 4.60. The Labute approximate surface area is 85.0 Å².